The third kappa shape index (κ3) is 3.76. The highest BCUT2D eigenvalue weighted by molar-refractivity contribution is 5.96. The van der Waals surface area contributed by atoms with E-state index in [-0.39, 0.29) is 17.9 Å². The van der Waals surface area contributed by atoms with Crippen LogP contribution < -0.4 is 5.32 Å². The zero-order valence-corrected chi connectivity index (χ0v) is 15.1. The molecule has 138 valence electrons. The number of likely N-dealkylation sites (tertiary alicyclic amines) is 1. The molecule has 0 atom stereocenters. The number of hydrogen-bond acceptors (Lipinski definition) is 3. The van der Waals surface area contributed by atoms with Crippen molar-refractivity contribution in [2.24, 2.45) is 5.92 Å². The van der Waals surface area contributed by atoms with Crippen molar-refractivity contribution in [3.63, 3.8) is 0 Å². The Kier molecular flexibility index (Phi) is 4.96. The summed E-state index contributed by atoms with van der Waals surface area (Å²) in [6.45, 7) is 1.31. The quantitative estimate of drug-likeness (QED) is 0.910. The van der Waals surface area contributed by atoms with Gasteiger partial charge in [-0.2, -0.15) is 0 Å². The maximum atomic E-state index is 12.7. The highest BCUT2D eigenvalue weighted by Crippen LogP contribution is 2.27. The molecule has 1 saturated heterocycles. The Balaban J connectivity index is 1.28. The van der Waals surface area contributed by atoms with Gasteiger partial charge in [-0.15, -0.1) is 0 Å². The van der Waals surface area contributed by atoms with Crippen molar-refractivity contribution in [2.45, 2.75) is 51.0 Å². The van der Waals surface area contributed by atoms with Gasteiger partial charge in [-0.05, 0) is 43.7 Å². The Bertz CT molecular complexity index is 750. The fraction of sp³-hybridized carbons (Fsp3) is 0.524. The first-order valence-electron chi connectivity index (χ1n) is 9.76. The number of para-hydroxylation sites is 1. The van der Waals surface area contributed by atoms with Crippen LogP contribution in [0.2, 0.25) is 0 Å². The molecule has 2 amide bonds. The second-order valence-corrected chi connectivity index (χ2v) is 7.64. The van der Waals surface area contributed by atoms with E-state index < -0.39 is 0 Å². The number of amides is 2. The molecule has 2 heterocycles. The van der Waals surface area contributed by atoms with E-state index in [1.807, 2.05) is 35.2 Å². The number of carbonyl (C=O) groups excluding carboxylic acids is 2. The van der Waals surface area contributed by atoms with Crippen LogP contribution in [0.4, 0.5) is 0 Å². The zero-order valence-electron chi connectivity index (χ0n) is 15.1. The van der Waals surface area contributed by atoms with Gasteiger partial charge in [0.15, 0.2) is 5.76 Å². The molecule has 2 aliphatic rings. The van der Waals surface area contributed by atoms with E-state index in [0.717, 1.165) is 23.8 Å². The summed E-state index contributed by atoms with van der Waals surface area (Å²) in [5, 5.41) is 4.12. The molecular formula is C21H26N2O3. The average molecular weight is 354 g/mol. The number of piperidine rings is 1. The zero-order chi connectivity index (χ0) is 17.9. The fourth-order valence-corrected chi connectivity index (χ4v) is 4.23. The molecule has 1 aliphatic heterocycles. The van der Waals surface area contributed by atoms with Gasteiger partial charge in [0, 0.05) is 30.9 Å². The van der Waals surface area contributed by atoms with Crippen LogP contribution in [0.1, 0.15) is 55.5 Å². The number of nitrogens with one attached hydrogen (secondary N) is 1. The Labute approximate surface area is 153 Å². The maximum absolute atomic E-state index is 12.7. The van der Waals surface area contributed by atoms with Crippen LogP contribution in [-0.2, 0) is 4.79 Å². The molecule has 1 saturated carbocycles. The first-order chi connectivity index (χ1) is 12.7. The van der Waals surface area contributed by atoms with Gasteiger partial charge in [-0.1, -0.05) is 31.0 Å². The van der Waals surface area contributed by atoms with Crippen molar-refractivity contribution in [2.75, 3.05) is 13.1 Å². The standard InChI is InChI=1S/C21H26N2O3/c24-20(13-15-5-1-2-6-15)22-17-9-11-23(12-10-17)21(25)19-14-16-7-3-4-8-18(16)26-19/h3-4,7-8,14-15,17H,1-2,5-6,9-13H2,(H,22,24). The van der Waals surface area contributed by atoms with E-state index in [0.29, 0.717) is 31.2 Å². The van der Waals surface area contributed by atoms with Gasteiger partial charge in [0.2, 0.25) is 5.91 Å². The van der Waals surface area contributed by atoms with Crippen molar-refractivity contribution >= 4 is 22.8 Å². The highest BCUT2D eigenvalue weighted by Gasteiger charge is 2.27. The summed E-state index contributed by atoms with van der Waals surface area (Å²) in [7, 11) is 0. The summed E-state index contributed by atoms with van der Waals surface area (Å²) in [6, 6.07) is 9.65. The minimum Gasteiger partial charge on any atom is -0.451 e. The van der Waals surface area contributed by atoms with Crippen molar-refractivity contribution in [1.29, 1.82) is 0 Å². The number of rotatable bonds is 4. The Morgan fingerprint density at radius 2 is 1.81 bits per heavy atom. The molecule has 5 heteroatoms. The number of benzene rings is 1. The maximum Gasteiger partial charge on any atom is 0.289 e. The lowest BCUT2D eigenvalue weighted by molar-refractivity contribution is -0.122. The molecule has 26 heavy (non-hydrogen) atoms. The molecule has 2 aromatic rings. The van der Waals surface area contributed by atoms with E-state index >= 15 is 0 Å². The van der Waals surface area contributed by atoms with Crippen molar-refractivity contribution in [3.05, 3.63) is 36.1 Å². The molecule has 0 spiro atoms. The molecule has 0 radical (unpaired) electrons. The molecule has 0 unspecified atom stereocenters. The van der Waals surface area contributed by atoms with Crippen LogP contribution in [0.25, 0.3) is 11.0 Å². The van der Waals surface area contributed by atoms with Crippen LogP contribution >= 0.6 is 0 Å². The van der Waals surface area contributed by atoms with Crippen LogP contribution in [0, 0.1) is 5.92 Å². The topological polar surface area (TPSA) is 62.6 Å². The van der Waals surface area contributed by atoms with Crippen LogP contribution in [0.5, 0.6) is 0 Å². The SMILES string of the molecule is O=C(CC1CCCC1)NC1CCN(C(=O)c2cc3ccccc3o2)CC1. The van der Waals surface area contributed by atoms with Crippen molar-refractivity contribution < 1.29 is 14.0 Å². The van der Waals surface area contributed by atoms with Gasteiger partial charge in [0.25, 0.3) is 5.91 Å². The molecule has 1 aromatic carbocycles. The van der Waals surface area contributed by atoms with E-state index in [1.54, 1.807) is 0 Å². The third-order valence-electron chi connectivity index (χ3n) is 5.73. The van der Waals surface area contributed by atoms with E-state index in [1.165, 1.54) is 25.7 Å². The predicted octanol–water partition coefficient (Wildman–Crippen LogP) is 3.73. The van der Waals surface area contributed by atoms with Gasteiger partial charge in [-0.3, -0.25) is 9.59 Å². The first kappa shape index (κ1) is 17.1. The largest absolute Gasteiger partial charge is 0.451 e. The molecule has 4 rings (SSSR count). The molecule has 2 fully saturated rings. The van der Waals surface area contributed by atoms with Crippen LogP contribution in [-0.4, -0.2) is 35.8 Å². The third-order valence-corrected chi connectivity index (χ3v) is 5.73. The van der Waals surface area contributed by atoms with Gasteiger partial charge in [-0.25, -0.2) is 0 Å². The summed E-state index contributed by atoms with van der Waals surface area (Å²) < 4.78 is 5.69. The number of nitrogens with zero attached hydrogens (tertiary/aromatic N) is 1. The second kappa shape index (κ2) is 7.52. The van der Waals surface area contributed by atoms with Gasteiger partial charge in [0.1, 0.15) is 5.58 Å². The Morgan fingerprint density at radius 3 is 2.54 bits per heavy atom. The minimum atomic E-state index is -0.0584. The molecular weight excluding hydrogens is 328 g/mol. The molecule has 5 nitrogen and oxygen atoms in total. The number of furan rings is 1. The summed E-state index contributed by atoms with van der Waals surface area (Å²) in [5.41, 5.74) is 0.741. The second-order valence-electron chi connectivity index (χ2n) is 7.64. The number of fused-ring (bicyclic) bond motifs is 1. The van der Waals surface area contributed by atoms with Crippen molar-refractivity contribution in [3.8, 4) is 0 Å². The van der Waals surface area contributed by atoms with Gasteiger partial charge >= 0.3 is 0 Å². The summed E-state index contributed by atoms with van der Waals surface area (Å²) in [4.78, 5) is 26.7. The summed E-state index contributed by atoms with van der Waals surface area (Å²) in [5.74, 6) is 1.09. The summed E-state index contributed by atoms with van der Waals surface area (Å²) in [6.07, 6.45) is 7.19. The Morgan fingerprint density at radius 1 is 1.08 bits per heavy atom. The number of hydrogen-bond donors (Lipinski definition) is 1. The minimum absolute atomic E-state index is 0.0584. The molecule has 1 aromatic heterocycles. The van der Waals surface area contributed by atoms with E-state index in [2.05, 4.69) is 5.32 Å². The molecule has 0 bridgehead atoms. The van der Waals surface area contributed by atoms with Crippen molar-refractivity contribution in [1.82, 2.24) is 10.2 Å². The molecule has 1 aliphatic carbocycles. The van der Waals surface area contributed by atoms with Crippen LogP contribution in [0.15, 0.2) is 34.7 Å². The summed E-state index contributed by atoms with van der Waals surface area (Å²) >= 11 is 0. The normalized spacial score (nSPS) is 19.2. The first-order valence-corrected chi connectivity index (χ1v) is 9.76. The monoisotopic (exact) mass is 354 g/mol. The smallest absolute Gasteiger partial charge is 0.289 e. The van der Waals surface area contributed by atoms with Crippen LogP contribution in [0.3, 0.4) is 0 Å². The number of carbonyl (C=O) groups is 2. The lowest BCUT2D eigenvalue weighted by Crippen LogP contribution is -2.46. The van der Waals surface area contributed by atoms with E-state index in [9.17, 15) is 9.59 Å². The highest BCUT2D eigenvalue weighted by atomic mass is 16.3. The van der Waals surface area contributed by atoms with E-state index in [4.69, 9.17) is 4.42 Å². The lowest BCUT2D eigenvalue weighted by Gasteiger charge is -2.32. The predicted molar refractivity (Wildman–Crippen MR) is 99.9 cm³/mol. The van der Waals surface area contributed by atoms with Gasteiger partial charge in [0.05, 0.1) is 0 Å². The lowest BCUT2D eigenvalue weighted by atomic mass is 10.0. The Hall–Kier alpha value is -2.30. The average Bonchev–Trinajstić information content (AvgIpc) is 3.31. The fourth-order valence-electron chi connectivity index (χ4n) is 4.23. The molecule has 1 N–H and O–H groups in total. The van der Waals surface area contributed by atoms with Gasteiger partial charge < -0.3 is 14.6 Å².